The van der Waals surface area contributed by atoms with Gasteiger partial charge < -0.3 is 0 Å². The third-order valence-electron chi connectivity index (χ3n) is 3.76. The molecule has 0 rings (SSSR count). The number of hydrogen-bond acceptors (Lipinski definition) is 4. The molecule has 0 aromatic carbocycles. The van der Waals surface area contributed by atoms with Crippen LogP contribution in [-0.2, 0) is 0 Å². The standard InChI is InChI=1S/C16H34S4/c17-13-9-7-5-3-1-2-4-6-8-11-15(19)16(20)12-10-14-18/h15-20H,1-14H2. The van der Waals surface area contributed by atoms with E-state index in [1.165, 1.54) is 64.2 Å². The Morgan fingerprint density at radius 2 is 0.800 bits per heavy atom. The highest BCUT2D eigenvalue weighted by atomic mass is 32.1. The van der Waals surface area contributed by atoms with E-state index in [0.717, 1.165) is 24.3 Å². The van der Waals surface area contributed by atoms with Crippen molar-refractivity contribution in [2.75, 3.05) is 11.5 Å². The number of thiol groups is 4. The van der Waals surface area contributed by atoms with Crippen LogP contribution in [0, 0.1) is 0 Å². The molecule has 0 heterocycles. The summed E-state index contributed by atoms with van der Waals surface area (Å²) in [6.45, 7) is 0. The smallest absolute Gasteiger partial charge is 0.0134 e. The summed E-state index contributed by atoms with van der Waals surface area (Å²) in [7, 11) is 0. The van der Waals surface area contributed by atoms with Gasteiger partial charge in [-0.15, -0.1) is 0 Å². The highest BCUT2D eigenvalue weighted by Gasteiger charge is 2.12. The molecule has 0 bridgehead atoms. The van der Waals surface area contributed by atoms with Crippen molar-refractivity contribution in [3.05, 3.63) is 0 Å². The van der Waals surface area contributed by atoms with Gasteiger partial charge in [0.1, 0.15) is 0 Å². The molecule has 0 aliphatic carbocycles. The fourth-order valence-electron chi connectivity index (χ4n) is 2.39. The van der Waals surface area contributed by atoms with Gasteiger partial charge >= 0.3 is 0 Å². The lowest BCUT2D eigenvalue weighted by Crippen LogP contribution is -2.15. The molecule has 0 aromatic rings. The van der Waals surface area contributed by atoms with Crippen molar-refractivity contribution < 1.29 is 0 Å². The largest absolute Gasteiger partial charge is 0.179 e. The first-order valence-corrected chi connectivity index (χ1v) is 10.6. The van der Waals surface area contributed by atoms with Gasteiger partial charge in [0.15, 0.2) is 0 Å². The van der Waals surface area contributed by atoms with E-state index >= 15 is 0 Å². The Kier molecular flexibility index (Phi) is 17.9. The van der Waals surface area contributed by atoms with Crippen molar-refractivity contribution in [2.24, 2.45) is 0 Å². The minimum absolute atomic E-state index is 0.442. The molecule has 2 atom stereocenters. The van der Waals surface area contributed by atoms with Gasteiger partial charge in [-0.05, 0) is 37.2 Å². The van der Waals surface area contributed by atoms with Gasteiger partial charge in [-0.2, -0.15) is 50.5 Å². The van der Waals surface area contributed by atoms with Gasteiger partial charge in [0.2, 0.25) is 0 Å². The van der Waals surface area contributed by atoms with Crippen molar-refractivity contribution in [2.45, 2.75) is 87.5 Å². The molecule has 0 radical (unpaired) electrons. The predicted octanol–water partition coefficient (Wildman–Crippen LogP) is 6.12. The van der Waals surface area contributed by atoms with E-state index in [4.69, 9.17) is 0 Å². The lowest BCUT2D eigenvalue weighted by atomic mass is 10.0. The summed E-state index contributed by atoms with van der Waals surface area (Å²) in [6.07, 6.45) is 15.8. The van der Waals surface area contributed by atoms with Crippen LogP contribution < -0.4 is 0 Å². The van der Waals surface area contributed by atoms with Crippen LogP contribution in [0.4, 0.5) is 0 Å². The molecule has 0 spiro atoms. The quantitative estimate of drug-likeness (QED) is 0.197. The molecule has 0 amide bonds. The molecule has 0 saturated carbocycles. The fraction of sp³-hybridized carbons (Fsp3) is 1.00. The summed E-state index contributed by atoms with van der Waals surface area (Å²) in [5, 5.41) is 0.900. The zero-order valence-electron chi connectivity index (χ0n) is 12.8. The second kappa shape index (κ2) is 16.8. The molecule has 0 aliphatic heterocycles. The van der Waals surface area contributed by atoms with Crippen LogP contribution in [0.2, 0.25) is 0 Å². The Morgan fingerprint density at radius 3 is 1.25 bits per heavy atom. The van der Waals surface area contributed by atoms with E-state index in [-0.39, 0.29) is 0 Å². The minimum atomic E-state index is 0.442. The second-order valence-electron chi connectivity index (χ2n) is 5.69. The van der Waals surface area contributed by atoms with Gasteiger partial charge in [0, 0.05) is 10.5 Å². The molecular formula is C16H34S4. The van der Waals surface area contributed by atoms with Crippen LogP contribution >= 0.6 is 50.5 Å². The number of unbranched alkanes of at least 4 members (excludes halogenated alkanes) is 8. The monoisotopic (exact) mass is 354 g/mol. The molecule has 122 valence electrons. The number of rotatable bonds is 15. The van der Waals surface area contributed by atoms with E-state index in [1.807, 2.05) is 0 Å². The maximum atomic E-state index is 4.68. The Labute approximate surface area is 149 Å². The number of hydrogen-bond donors (Lipinski definition) is 4. The molecule has 0 fully saturated rings. The van der Waals surface area contributed by atoms with E-state index in [0.29, 0.717) is 10.5 Å². The third-order valence-corrected chi connectivity index (χ3v) is 5.86. The van der Waals surface area contributed by atoms with Crippen LogP contribution in [0.1, 0.15) is 77.0 Å². The Hall–Kier alpha value is 1.40. The van der Waals surface area contributed by atoms with Crippen molar-refractivity contribution in [3.63, 3.8) is 0 Å². The van der Waals surface area contributed by atoms with Crippen molar-refractivity contribution in [3.8, 4) is 0 Å². The first-order valence-electron chi connectivity index (χ1n) is 8.30. The van der Waals surface area contributed by atoms with Crippen LogP contribution in [0.5, 0.6) is 0 Å². The van der Waals surface area contributed by atoms with Crippen LogP contribution in [0.15, 0.2) is 0 Å². The molecule has 0 nitrogen and oxygen atoms in total. The molecule has 0 saturated heterocycles. The van der Waals surface area contributed by atoms with E-state index in [2.05, 4.69) is 50.5 Å². The summed E-state index contributed by atoms with van der Waals surface area (Å²) in [6, 6.07) is 0. The summed E-state index contributed by atoms with van der Waals surface area (Å²) in [5.41, 5.74) is 0. The van der Waals surface area contributed by atoms with Gasteiger partial charge in [-0.1, -0.05) is 51.4 Å². The van der Waals surface area contributed by atoms with E-state index in [9.17, 15) is 0 Å². The minimum Gasteiger partial charge on any atom is -0.179 e. The summed E-state index contributed by atoms with van der Waals surface area (Å²) in [5.74, 6) is 2.01. The van der Waals surface area contributed by atoms with Crippen LogP contribution in [-0.4, -0.2) is 22.0 Å². The molecular weight excluding hydrogens is 320 g/mol. The molecule has 0 aliphatic rings. The highest BCUT2D eigenvalue weighted by Crippen LogP contribution is 2.21. The van der Waals surface area contributed by atoms with Crippen LogP contribution in [0.25, 0.3) is 0 Å². The average Bonchev–Trinajstić information content (AvgIpc) is 2.46. The second-order valence-corrected chi connectivity index (χ2v) is 7.92. The molecule has 20 heavy (non-hydrogen) atoms. The Morgan fingerprint density at radius 1 is 0.450 bits per heavy atom. The van der Waals surface area contributed by atoms with Gasteiger partial charge in [0.05, 0.1) is 0 Å². The zero-order valence-corrected chi connectivity index (χ0v) is 16.4. The summed E-state index contributed by atoms with van der Waals surface area (Å²) >= 11 is 17.8. The van der Waals surface area contributed by atoms with Gasteiger partial charge in [-0.3, -0.25) is 0 Å². The lowest BCUT2D eigenvalue weighted by Gasteiger charge is -2.17. The lowest BCUT2D eigenvalue weighted by molar-refractivity contribution is 0.547. The predicted molar refractivity (Wildman–Crippen MR) is 109 cm³/mol. The van der Waals surface area contributed by atoms with Crippen molar-refractivity contribution in [1.29, 1.82) is 0 Å². The van der Waals surface area contributed by atoms with Gasteiger partial charge in [0.25, 0.3) is 0 Å². The summed E-state index contributed by atoms with van der Waals surface area (Å²) in [4.78, 5) is 0. The maximum Gasteiger partial charge on any atom is 0.0134 e. The van der Waals surface area contributed by atoms with Crippen LogP contribution in [0.3, 0.4) is 0 Å². The first-order chi connectivity index (χ1) is 9.72. The maximum absolute atomic E-state index is 4.68. The Bertz CT molecular complexity index is 187. The van der Waals surface area contributed by atoms with Crippen molar-refractivity contribution >= 4 is 50.5 Å². The first kappa shape index (κ1) is 21.4. The zero-order chi connectivity index (χ0) is 15.1. The third kappa shape index (κ3) is 14.3. The van der Waals surface area contributed by atoms with Gasteiger partial charge in [-0.25, -0.2) is 0 Å². The molecule has 4 heteroatoms. The average molecular weight is 355 g/mol. The van der Waals surface area contributed by atoms with E-state index in [1.54, 1.807) is 0 Å². The fourth-order valence-corrected chi connectivity index (χ4v) is 3.46. The van der Waals surface area contributed by atoms with E-state index < -0.39 is 0 Å². The molecule has 0 N–H and O–H groups in total. The normalized spacial score (nSPS) is 14.4. The SMILES string of the molecule is SCCCCCCCCCCCC(S)C(S)CCCS. The summed E-state index contributed by atoms with van der Waals surface area (Å²) < 4.78 is 0. The topological polar surface area (TPSA) is 0 Å². The van der Waals surface area contributed by atoms with Crippen molar-refractivity contribution in [1.82, 2.24) is 0 Å². The highest BCUT2D eigenvalue weighted by molar-refractivity contribution is 7.85. The molecule has 2 unspecified atom stereocenters. The Balaban J connectivity index is 3.22. The molecule has 0 aromatic heterocycles.